The van der Waals surface area contributed by atoms with Crippen molar-refractivity contribution in [1.29, 1.82) is 0 Å². The van der Waals surface area contributed by atoms with Gasteiger partial charge in [0.05, 0.1) is 13.7 Å². The Morgan fingerprint density at radius 1 is 1.03 bits per heavy atom. The van der Waals surface area contributed by atoms with Crippen LogP contribution in [0.15, 0.2) is 72.6 Å². The maximum absolute atomic E-state index is 12.7. The molecular formula is C23H21N3O3. The summed E-state index contributed by atoms with van der Waals surface area (Å²) in [4.78, 5) is 26.2. The minimum Gasteiger partial charge on any atom is -0.497 e. The molecular weight excluding hydrogens is 366 g/mol. The SMILES string of the molecule is COc1ccc(-n2cc(/C=C3/NC(=O)N(Cc4ccccc4)C3=O)cc2C)cc1. The molecule has 1 aliphatic heterocycles. The number of benzene rings is 2. The summed E-state index contributed by atoms with van der Waals surface area (Å²) in [5.74, 6) is 0.465. The van der Waals surface area contributed by atoms with Gasteiger partial charge in [0, 0.05) is 17.6 Å². The molecule has 6 heteroatoms. The summed E-state index contributed by atoms with van der Waals surface area (Å²) >= 11 is 0. The number of nitrogens with zero attached hydrogens (tertiary/aromatic N) is 2. The summed E-state index contributed by atoms with van der Waals surface area (Å²) < 4.78 is 7.23. The molecule has 1 aliphatic rings. The highest BCUT2D eigenvalue weighted by atomic mass is 16.5. The molecule has 0 aliphatic carbocycles. The molecule has 1 aromatic heterocycles. The first-order valence-electron chi connectivity index (χ1n) is 9.27. The van der Waals surface area contributed by atoms with E-state index in [1.54, 1.807) is 13.2 Å². The van der Waals surface area contributed by atoms with Crippen LogP contribution in [0.3, 0.4) is 0 Å². The van der Waals surface area contributed by atoms with E-state index >= 15 is 0 Å². The van der Waals surface area contributed by atoms with Gasteiger partial charge in [-0.25, -0.2) is 4.79 Å². The molecule has 0 bridgehead atoms. The third-order valence-corrected chi connectivity index (χ3v) is 4.84. The molecule has 1 saturated heterocycles. The lowest BCUT2D eigenvalue weighted by molar-refractivity contribution is -0.123. The highest BCUT2D eigenvalue weighted by Gasteiger charge is 2.33. The summed E-state index contributed by atoms with van der Waals surface area (Å²) in [7, 11) is 1.63. The van der Waals surface area contributed by atoms with Crippen LogP contribution in [0, 0.1) is 6.92 Å². The Kier molecular flexibility index (Phi) is 4.91. The molecule has 6 nitrogen and oxygen atoms in total. The number of carbonyl (C=O) groups is 2. The monoisotopic (exact) mass is 387 g/mol. The van der Waals surface area contributed by atoms with Crippen LogP contribution in [0.1, 0.15) is 16.8 Å². The van der Waals surface area contributed by atoms with Gasteiger partial charge in [-0.15, -0.1) is 0 Å². The number of imide groups is 1. The Labute approximate surface area is 169 Å². The van der Waals surface area contributed by atoms with Crippen molar-refractivity contribution in [3.63, 3.8) is 0 Å². The molecule has 29 heavy (non-hydrogen) atoms. The Morgan fingerprint density at radius 2 is 1.76 bits per heavy atom. The van der Waals surface area contributed by atoms with Crippen molar-refractivity contribution in [2.75, 3.05) is 7.11 Å². The van der Waals surface area contributed by atoms with Gasteiger partial charge in [-0.2, -0.15) is 0 Å². The smallest absolute Gasteiger partial charge is 0.329 e. The van der Waals surface area contributed by atoms with E-state index in [1.165, 1.54) is 4.90 Å². The molecule has 3 amide bonds. The lowest BCUT2D eigenvalue weighted by Crippen LogP contribution is -2.30. The Bertz CT molecular complexity index is 1080. The lowest BCUT2D eigenvalue weighted by atomic mass is 10.2. The van der Waals surface area contributed by atoms with Gasteiger partial charge in [-0.3, -0.25) is 9.69 Å². The molecule has 1 fully saturated rings. The number of carbonyl (C=O) groups excluding carboxylic acids is 2. The summed E-state index contributed by atoms with van der Waals surface area (Å²) in [6, 6.07) is 18.7. The van der Waals surface area contributed by atoms with E-state index < -0.39 is 6.03 Å². The lowest BCUT2D eigenvalue weighted by Gasteiger charge is -2.11. The number of methoxy groups -OCH3 is 1. The number of hydrogen-bond acceptors (Lipinski definition) is 3. The number of amides is 3. The number of ether oxygens (including phenoxy) is 1. The van der Waals surface area contributed by atoms with E-state index in [1.807, 2.05) is 78.4 Å². The second kappa shape index (κ2) is 7.67. The highest BCUT2D eigenvalue weighted by molar-refractivity contribution is 6.13. The van der Waals surface area contributed by atoms with E-state index in [0.29, 0.717) is 0 Å². The van der Waals surface area contributed by atoms with Crippen LogP contribution < -0.4 is 10.1 Å². The molecule has 4 rings (SSSR count). The number of urea groups is 1. The van der Waals surface area contributed by atoms with Crippen molar-refractivity contribution in [2.45, 2.75) is 13.5 Å². The predicted molar refractivity (Wildman–Crippen MR) is 111 cm³/mol. The summed E-state index contributed by atoms with van der Waals surface area (Å²) in [5, 5.41) is 2.68. The van der Waals surface area contributed by atoms with Gasteiger partial charge in [0.2, 0.25) is 0 Å². The van der Waals surface area contributed by atoms with Gasteiger partial charge in [0.25, 0.3) is 5.91 Å². The first kappa shape index (κ1) is 18.6. The maximum atomic E-state index is 12.7. The van der Waals surface area contributed by atoms with E-state index in [9.17, 15) is 9.59 Å². The van der Waals surface area contributed by atoms with Crippen LogP contribution in [-0.4, -0.2) is 28.5 Å². The Morgan fingerprint density at radius 3 is 2.45 bits per heavy atom. The van der Waals surface area contributed by atoms with Crippen LogP contribution in [0.2, 0.25) is 0 Å². The zero-order chi connectivity index (χ0) is 20.4. The topological polar surface area (TPSA) is 63.6 Å². The number of aromatic nitrogens is 1. The molecule has 0 unspecified atom stereocenters. The van der Waals surface area contributed by atoms with Crippen molar-refractivity contribution in [1.82, 2.24) is 14.8 Å². The minimum absolute atomic E-state index is 0.245. The van der Waals surface area contributed by atoms with Crippen LogP contribution >= 0.6 is 0 Å². The van der Waals surface area contributed by atoms with Gasteiger partial charge in [0.1, 0.15) is 11.4 Å². The normalized spacial score (nSPS) is 15.1. The van der Waals surface area contributed by atoms with E-state index in [4.69, 9.17) is 4.74 Å². The minimum atomic E-state index is -0.406. The maximum Gasteiger partial charge on any atom is 0.329 e. The van der Waals surface area contributed by atoms with Crippen LogP contribution in [-0.2, 0) is 11.3 Å². The quantitative estimate of drug-likeness (QED) is 0.534. The summed E-state index contributed by atoms with van der Waals surface area (Å²) in [6.07, 6.45) is 3.64. The van der Waals surface area contributed by atoms with E-state index in [2.05, 4.69) is 5.32 Å². The van der Waals surface area contributed by atoms with Crippen molar-refractivity contribution in [3.05, 3.63) is 89.4 Å². The summed E-state index contributed by atoms with van der Waals surface area (Å²) in [6.45, 7) is 2.23. The zero-order valence-corrected chi connectivity index (χ0v) is 16.3. The molecule has 3 aromatic rings. The summed E-state index contributed by atoms with van der Waals surface area (Å²) in [5.41, 5.74) is 4.01. The van der Waals surface area contributed by atoms with Crippen molar-refractivity contribution < 1.29 is 14.3 Å². The number of aryl methyl sites for hydroxylation is 1. The Balaban J connectivity index is 1.56. The first-order chi connectivity index (χ1) is 14.0. The first-order valence-corrected chi connectivity index (χ1v) is 9.27. The molecule has 0 spiro atoms. The zero-order valence-electron chi connectivity index (χ0n) is 16.3. The number of rotatable bonds is 5. The molecule has 0 saturated carbocycles. The van der Waals surface area contributed by atoms with Crippen molar-refractivity contribution >= 4 is 18.0 Å². The second-order valence-corrected chi connectivity index (χ2v) is 6.85. The Hall–Kier alpha value is -3.80. The molecule has 146 valence electrons. The van der Waals surface area contributed by atoms with Gasteiger partial charge < -0.3 is 14.6 Å². The fraction of sp³-hybridized carbons (Fsp3) is 0.130. The molecule has 2 heterocycles. The van der Waals surface area contributed by atoms with E-state index in [-0.39, 0.29) is 18.1 Å². The van der Waals surface area contributed by atoms with Crippen LogP contribution in [0.25, 0.3) is 11.8 Å². The standard InChI is InChI=1S/C23H21N3O3/c1-16-12-18(15-25(16)19-8-10-20(29-2)11-9-19)13-21-22(27)26(23(28)24-21)14-17-6-4-3-5-7-17/h3-13,15H,14H2,1-2H3,(H,24,28)/b21-13+. The van der Waals surface area contributed by atoms with Crippen LogP contribution in [0.4, 0.5) is 4.79 Å². The van der Waals surface area contributed by atoms with E-state index in [0.717, 1.165) is 28.3 Å². The third kappa shape index (κ3) is 3.78. The number of hydrogen-bond donors (Lipinski definition) is 1. The van der Waals surface area contributed by atoms with Gasteiger partial charge >= 0.3 is 6.03 Å². The molecule has 1 N–H and O–H groups in total. The van der Waals surface area contributed by atoms with Gasteiger partial charge in [0.15, 0.2) is 0 Å². The predicted octanol–water partition coefficient (Wildman–Crippen LogP) is 3.89. The fourth-order valence-electron chi connectivity index (χ4n) is 3.35. The van der Waals surface area contributed by atoms with Crippen molar-refractivity contribution in [3.8, 4) is 11.4 Å². The molecule has 0 radical (unpaired) electrons. The van der Waals surface area contributed by atoms with Gasteiger partial charge in [-0.05, 0) is 54.5 Å². The largest absolute Gasteiger partial charge is 0.497 e. The van der Waals surface area contributed by atoms with Crippen LogP contribution in [0.5, 0.6) is 5.75 Å². The van der Waals surface area contributed by atoms with Gasteiger partial charge in [-0.1, -0.05) is 30.3 Å². The molecule has 2 aromatic carbocycles. The fourth-order valence-corrected chi connectivity index (χ4v) is 3.35. The average molecular weight is 387 g/mol. The molecule has 0 atom stereocenters. The third-order valence-electron chi connectivity index (χ3n) is 4.84. The van der Waals surface area contributed by atoms with Crippen molar-refractivity contribution in [2.24, 2.45) is 0 Å². The highest BCUT2D eigenvalue weighted by Crippen LogP contribution is 2.22. The average Bonchev–Trinajstić information content (AvgIpc) is 3.23. The number of nitrogens with one attached hydrogen (secondary N) is 1. The second-order valence-electron chi connectivity index (χ2n) is 6.85.